The summed E-state index contributed by atoms with van der Waals surface area (Å²) in [6.07, 6.45) is 3.70. The Balaban J connectivity index is 0.973. The highest BCUT2D eigenvalue weighted by atomic mass is 16.5. The molecule has 5 aromatic heterocycles. The highest BCUT2D eigenvalue weighted by molar-refractivity contribution is 6.13. The van der Waals surface area contributed by atoms with Gasteiger partial charge in [-0.25, -0.2) is 0 Å². The molecule has 69 heavy (non-hydrogen) atoms. The van der Waals surface area contributed by atoms with Crippen molar-refractivity contribution < 1.29 is 4.74 Å². The van der Waals surface area contributed by atoms with E-state index >= 15 is 0 Å². The SMILES string of the molecule is N#Cc1ccc2c(c1)c1ccccc1n2-c1ccc2c(c1)c1cc(C#N)ccc1n2-c1ccc2c(c1)Oc1cc(-n3c4ccccc4c4ccccc43)ccc1C21c2cccnc2-c2ncccc21. The number of nitriles is 2. The molecule has 1 aliphatic heterocycles. The van der Waals surface area contributed by atoms with Crippen LogP contribution in [0.1, 0.15) is 33.4 Å². The van der Waals surface area contributed by atoms with Crippen molar-refractivity contribution >= 4 is 65.4 Å². The summed E-state index contributed by atoms with van der Waals surface area (Å²) in [5.41, 5.74) is 15.5. The number of aromatic nitrogens is 5. The van der Waals surface area contributed by atoms with Crippen molar-refractivity contribution in [2.45, 2.75) is 5.41 Å². The van der Waals surface area contributed by atoms with E-state index in [0.29, 0.717) is 11.1 Å². The zero-order valence-corrected chi connectivity index (χ0v) is 36.6. The molecule has 1 spiro atoms. The average Bonchev–Trinajstić information content (AvgIpc) is 4.12. The molecule has 0 N–H and O–H groups in total. The van der Waals surface area contributed by atoms with Gasteiger partial charge < -0.3 is 18.4 Å². The fourth-order valence-corrected chi connectivity index (χ4v) is 11.9. The van der Waals surface area contributed by atoms with Crippen LogP contribution in [0.4, 0.5) is 0 Å². The molecular formula is C61H33N7O. The maximum Gasteiger partial charge on any atom is 0.134 e. The minimum absolute atomic E-state index is 0.583. The summed E-state index contributed by atoms with van der Waals surface area (Å²) in [5.74, 6) is 1.48. The van der Waals surface area contributed by atoms with Crippen LogP contribution in [0.2, 0.25) is 0 Å². The van der Waals surface area contributed by atoms with Gasteiger partial charge in [-0.3, -0.25) is 9.97 Å². The Labute approximate surface area is 394 Å². The van der Waals surface area contributed by atoms with Gasteiger partial charge in [0.25, 0.3) is 0 Å². The average molecular weight is 880 g/mol. The molecule has 8 aromatic carbocycles. The zero-order chi connectivity index (χ0) is 45.5. The Kier molecular flexibility index (Phi) is 7.41. The fourth-order valence-electron chi connectivity index (χ4n) is 11.9. The van der Waals surface area contributed by atoms with Crippen LogP contribution >= 0.6 is 0 Å². The van der Waals surface area contributed by atoms with Gasteiger partial charge in [-0.1, -0.05) is 78.9 Å². The molecule has 0 unspecified atom stereocenters. The molecule has 8 heteroatoms. The summed E-state index contributed by atoms with van der Waals surface area (Å²) in [5, 5.41) is 26.5. The molecule has 13 aromatic rings. The summed E-state index contributed by atoms with van der Waals surface area (Å²) < 4.78 is 14.2. The van der Waals surface area contributed by atoms with E-state index in [1.54, 1.807) is 0 Å². The van der Waals surface area contributed by atoms with E-state index in [1.165, 1.54) is 10.8 Å². The number of pyridine rings is 2. The number of benzene rings is 8. The van der Waals surface area contributed by atoms with Crippen LogP contribution in [0.3, 0.4) is 0 Å². The summed E-state index contributed by atoms with van der Waals surface area (Å²) in [4.78, 5) is 9.96. The number of hydrogen-bond acceptors (Lipinski definition) is 5. The summed E-state index contributed by atoms with van der Waals surface area (Å²) >= 11 is 0. The van der Waals surface area contributed by atoms with Gasteiger partial charge in [0.15, 0.2) is 0 Å². The second-order valence-electron chi connectivity index (χ2n) is 18.0. The first-order chi connectivity index (χ1) is 34.1. The highest BCUT2D eigenvalue weighted by Crippen LogP contribution is 2.61. The molecule has 0 atom stereocenters. The highest BCUT2D eigenvalue weighted by Gasteiger charge is 2.52. The van der Waals surface area contributed by atoms with E-state index < -0.39 is 5.41 Å². The number of para-hydroxylation sites is 3. The minimum atomic E-state index is -0.776. The number of fused-ring (bicyclic) bond motifs is 18. The molecule has 0 saturated heterocycles. The predicted octanol–water partition coefficient (Wildman–Crippen LogP) is 14.0. The molecule has 2 aliphatic rings. The van der Waals surface area contributed by atoms with E-state index in [1.807, 2.05) is 73.1 Å². The molecule has 6 heterocycles. The summed E-state index contributed by atoms with van der Waals surface area (Å²) in [6.45, 7) is 0. The molecule has 318 valence electrons. The predicted molar refractivity (Wildman–Crippen MR) is 272 cm³/mol. The van der Waals surface area contributed by atoms with Crippen molar-refractivity contribution in [3.8, 4) is 52.1 Å². The molecule has 0 fully saturated rings. The van der Waals surface area contributed by atoms with Gasteiger partial charge in [0.05, 0.1) is 73.2 Å². The third-order valence-corrected chi connectivity index (χ3v) is 14.6. The maximum atomic E-state index is 10.2. The molecule has 0 amide bonds. The monoisotopic (exact) mass is 879 g/mol. The maximum absolute atomic E-state index is 10.2. The first-order valence-corrected chi connectivity index (χ1v) is 22.9. The number of rotatable bonds is 3. The van der Waals surface area contributed by atoms with Gasteiger partial charge >= 0.3 is 0 Å². The van der Waals surface area contributed by atoms with Crippen molar-refractivity contribution in [1.82, 2.24) is 23.7 Å². The van der Waals surface area contributed by atoms with Gasteiger partial charge in [0, 0.05) is 85.0 Å². The summed E-state index contributed by atoms with van der Waals surface area (Å²) in [6, 6.07) is 70.2. The van der Waals surface area contributed by atoms with Gasteiger partial charge in [0.2, 0.25) is 0 Å². The second kappa shape index (κ2) is 13.6. The minimum Gasteiger partial charge on any atom is -0.457 e. The van der Waals surface area contributed by atoms with Gasteiger partial charge in [-0.15, -0.1) is 0 Å². The van der Waals surface area contributed by atoms with Gasteiger partial charge in [0.1, 0.15) is 11.5 Å². The van der Waals surface area contributed by atoms with E-state index in [-0.39, 0.29) is 0 Å². The van der Waals surface area contributed by atoms with Crippen LogP contribution in [0.5, 0.6) is 11.5 Å². The molecule has 15 rings (SSSR count). The van der Waals surface area contributed by atoms with Crippen LogP contribution in [-0.2, 0) is 5.41 Å². The third-order valence-electron chi connectivity index (χ3n) is 14.6. The number of nitrogens with zero attached hydrogens (tertiary/aromatic N) is 7. The van der Waals surface area contributed by atoms with Crippen molar-refractivity contribution in [3.05, 3.63) is 234 Å². The van der Waals surface area contributed by atoms with Crippen LogP contribution in [-0.4, -0.2) is 23.7 Å². The fraction of sp³-hybridized carbons (Fsp3) is 0.0164. The van der Waals surface area contributed by atoms with Crippen molar-refractivity contribution in [2.24, 2.45) is 0 Å². The molecular weight excluding hydrogens is 847 g/mol. The molecule has 1 aliphatic carbocycles. The largest absolute Gasteiger partial charge is 0.457 e. The van der Waals surface area contributed by atoms with Crippen LogP contribution in [0.15, 0.2) is 200 Å². The Hall–Kier alpha value is -9.76. The Bertz CT molecular complexity index is 4420. The van der Waals surface area contributed by atoms with Crippen molar-refractivity contribution in [2.75, 3.05) is 0 Å². The number of ether oxygens (including phenoxy) is 1. The van der Waals surface area contributed by atoms with Gasteiger partial charge in [-0.2, -0.15) is 10.5 Å². The smallest absolute Gasteiger partial charge is 0.134 e. The topological polar surface area (TPSA) is 97.4 Å². The normalized spacial score (nSPS) is 13.1. The Morgan fingerprint density at radius 2 is 0.754 bits per heavy atom. The first kappa shape index (κ1) is 37.5. The second-order valence-corrected chi connectivity index (χ2v) is 18.0. The third kappa shape index (κ3) is 4.88. The van der Waals surface area contributed by atoms with Crippen LogP contribution in [0, 0.1) is 22.7 Å². The van der Waals surface area contributed by atoms with E-state index in [0.717, 1.165) is 117 Å². The van der Waals surface area contributed by atoms with E-state index in [2.05, 4.69) is 153 Å². The van der Waals surface area contributed by atoms with Crippen LogP contribution in [0.25, 0.3) is 93.9 Å². The van der Waals surface area contributed by atoms with Gasteiger partial charge in [-0.05, 0) is 108 Å². The quantitative estimate of drug-likeness (QED) is 0.176. The molecule has 0 bridgehead atoms. The standard InChI is InChI=1S/C61H33N7O/c62-34-36-17-24-54-44(29-36)43-11-3-6-16-53(43)66(54)38-21-26-56-46(31-38)45-30-37(35-63)18-25-55(45)68(56)40-20-23-48-58(33-40)69-57-32-39(67-51-14-4-1-9-41(51)42-10-2-5-15-52(42)67)19-22-47(57)61(48)49-12-7-27-64-59(49)60-50(61)13-8-28-65-60/h1-33H. The molecule has 0 saturated carbocycles. The lowest BCUT2D eigenvalue weighted by molar-refractivity contribution is 0.436. The van der Waals surface area contributed by atoms with Crippen LogP contribution < -0.4 is 4.74 Å². The molecule has 0 radical (unpaired) electrons. The van der Waals surface area contributed by atoms with E-state index in [9.17, 15) is 10.5 Å². The summed E-state index contributed by atoms with van der Waals surface area (Å²) in [7, 11) is 0. The van der Waals surface area contributed by atoms with Crippen molar-refractivity contribution in [1.29, 1.82) is 10.5 Å². The van der Waals surface area contributed by atoms with E-state index in [4.69, 9.17) is 14.7 Å². The lowest BCUT2D eigenvalue weighted by Crippen LogP contribution is -2.32. The lowest BCUT2D eigenvalue weighted by atomic mass is 9.66. The van der Waals surface area contributed by atoms with Crippen molar-refractivity contribution in [3.63, 3.8) is 0 Å². The zero-order valence-electron chi connectivity index (χ0n) is 36.6. The Morgan fingerprint density at radius 1 is 0.362 bits per heavy atom. The Morgan fingerprint density at radius 3 is 1.25 bits per heavy atom. The number of hydrogen-bond donors (Lipinski definition) is 0. The lowest BCUT2D eigenvalue weighted by Gasteiger charge is -2.39. The first-order valence-electron chi connectivity index (χ1n) is 22.9. The molecule has 8 nitrogen and oxygen atoms in total.